The number of carbonyl (C=O) groups excluding carboxylic acids is 2. The molecule has 232 valence electrons. The molecular weight excluding hydrogens is 518 g/mol. The second-order valence-corrected chi connectivity index (χ2v) is 13.5. The average molecular weight is 576 g/mol. The van der Waals surface area contributed by atoms with Crippen LogP contribution in [-0.2, 0) is 16.6 Å². The van der Waals surface area contributed by atoms with Gasteiger partial charge in [-0.05, 0) is 65.6 Å². The second-order valence-electron chi connectivity index (χ2n) is 13.5. The molecular formula is C38H57NO3. The first-order valence-corrected chi connectivity index (χ1v) is 17.0. The third-order valence-electron chi connectivity index (χ3n) is 8.71. The predicted molar refractivity (Wildman–Crippen MR) is 177 cm³/mol. The zero-order chi connectivity index (χ0) is 30.2. The van der Waals surface area contributed by atoms with Gasteiger partial charge in [-0.1, -0.05) is 123 Å². The molecule has 3 rings (SSSR count). The van der Waals surface area contributed by atoms with Crippen LogP contribution in [0.3, 0.4) is 0 Å². The van der Waals surface area contributed by atoms with Crippen LogP contribution < -0.4 is 10.1 Å². The van der Waals surface area contributed by atoms with Crippen LogP contribution in [0, 0.1) is 5.92 Å². The number of ether oxygens (including phenoxy) is 1. The zero-order valence-corrected chi connectivity index (χ0v) is 27.1. The lowest BCUT2D eigenvalue weighted by atomic mass is 9.84. The van der Waals surface area contributed by atoms with Gasteiger partial charge >= 0.3 is 0 Å². The van der Waals surface area contributed by atoms with Gasteiger partial charge in [0.15, 0.2) is 0 Å². The molecule has 0 aliphatic heterocycles. The minimum absolute atomic E-state index is 0.121. The van der Waals surface area contributed by atoms with Gasteiger partial charge in [0.05, 0.1) is 6.61 Å². The Balaban J connectivity index is 1.51. The van der Waals surface area contributed by atoms with Gasteiger partial charge in [0.25, 0.3) is 5.91 Å². The lowest BCUT2D eigenvalue weighted by Crippen LogP contribution is -2.19. The van der Waals surface area contributed by atoms with E-state index in [2.05, 4.69) is 51.2 Å². The van der Waals surface area contributed by atoms with E-state index in [1.54, 1.807) is 0 Å². The number of amides is 1. The van der Waals surface area contributed by atoms with Gasteiger partial charge in [0.1, 0.15) is 11.5 Å². The van der Waals surface area contributed by atoms with E-state index in [1.165, 1.54) is 83.5 Å². The highest BCUT2D eigenvalue weighted by molar-refractivity contribution is 6.04. The summed E-state index contributed by atoms with van der Waals surface area (Å²) in [6.07, 6.45) is 19.8. The maximum Gasteiger partial charge on any atom is 0.255 e. The van der Waals surface area contributed by atoms with Crippen LogP contribution in [0.1, 0.15) is 152 Å². The summed E-state index contributed by atoms with van der Waals surface area (Å²) in [7, 11) is 0. The lowest BCUT2D eigenvalue weighted by molar-refractivity contribution is -0.120. The molecule has 0 spiro atoms. The van der Waals surface area contributed by atoms with Gasteiger partial charge in [-0.25, -0.2) is 0 Å². The van der Waals surface area contributed by atoms with Crippen molar-refractivity contribution in [3.05, 3.63) is 59.2 Å². The molecule has 2 aromatic rings. The van der Waals surface area contributed by atoms with Crippen molar-refractivity contribution >= 4 is 17.4 Å². The Morgan fingerprint density at radius 2 is 1.48 bits per heavy atom. The van der Waals surface area contributed by atoms with Gasteiger partial charge in [0.2, 0.25) is 0 Å². The smallest absolute Gasteiger partial charge is 0.255 e. The Labute approximate surface area is 256 Å². The molecule has 4 nitrogen and oxygen atoms in total. The van der Waals surface area contributed by atoms with Crippen molar-refractivity contribution in [3.63, 3.8) is 0 Å². The number of aryl methyl sites for hydroxylation is 1. The van der Waals surface area contributed by atoms with Gasteiger partial charge in [-0.15, -0.1) is 0 Å². The Kier molecular flexibility index (Phi) is 14.6. The van der Waals surface area contributed by atoms with E-state index in [9.17, 15) is 9.59 Å². The summed E-state index contributed by atoms with van der Waals surface area (Å²) in [5.74, 6) is 1.62. The molecule has 1 amide bonds. The molecule has 1 N–H and O–H groups in total. The maximum absolute atomic E-state index is 13.3. The minimum atomic E-state index is -0.128. The molecule has 0 saturated heterocycles. The number of Topliss-reactive ketones (excluding diaryl/α,β-unsaturated/α-hetero) is 1. The van der Waals surface area contributed by atoms with Crippen LogP contribution in [0.25, 0.3) is 0 Å². The number of carbonyl (C=O) groups is 2. The highest BCUT2D eigenvalue weighted by atomic mass is 16.5. The van der Waals surface area contributed by atoms with E-state index in [0.29, 0.717) is 36.7 Å². The molecule has 1 aliphatic rings. The normalized spacial score (nSPS) is 14.4. The zero-order valence-electron chi connectivity index (χ0n) is 27.1. The average Bonchev–Trinajstić information content (AvgIpc) is 3.23. The molecule has 0 radical (unpaired) electrons. The number of hydrogen-bond donors (Lipinski definition) is 1. The van der Waals surface area contributed by atoms with Crippen molar-refractivity contribution in [3.8, 4) is 5.75 Å². The minimum Gasteiger partial charge on any atom is -0.494 e. The van der Waals surface area contributed by atoms with E-state index >= 15 is 0 Å². The van der Waals surface area contributed by atoms with E-state index in [0.717, 1.165) is 35.4 Å². The summed E-state index contributed by atoms with van der Waals surface area (Å²) in [5, 5.41) is 3.17. The van der Waals surface area contributed by atoms with Crippen molar-refractivity contribution in [1.29, 1.82) is 0 Å². The molecule has 1 saturated carbocycles. The third kappa shape index (κ3) is 12.3. The van der Waals surface area contributed by atoms with Crippen LogP contribution in [-0.4, -0.2) is 18.3 Å². The first-order chi connectivity index (χ1) is 20.3. The fourth-order valence-electron chi connectivity index (χ4n) is 6.10. The van der Waals surface area contributed by atoms with Crippen molar-refractivity contribution < 1.29 is 14.3 Å². The number of unbranched alkanes of at least 4 members (excludes halogenated alkanes) is 7. The number of hydrogen-bond acceptors (Lipinski definition) is 3. The first-order valence-electron chi connectivity index (χ1n) is 17.0. The molecule has 42 heavy (non-hydrogen) atoms. The molecule has 0 atom stereocenters. The molecule has 1 aliphatic carbocycles. The van der Waals surface area contributed by atoms with Crippen LogP contribution >= 0.6 is 0 Å². The van der Waals surface area contributed by atoms with Crippen LogP contribution in [0.5, 0.6) is 5.75 Å². The Morgan fingerprint density at radius 3 is 2.12 bits per heavy atom. The summed E-state index contributed by atoms with van der Waals surface area (Å²) in [6.45, 7) is 9.44. The molecule has 2 aromatic carbocycles. The van der Waals surface area contributed by atoms with Gasteiger partial charge in [0, 0.05) is 24.1 Å². The van der Waals surface area contributed by atoms with Gasteiger partial charge < -0.3 is 10.1 Å². The standard InChI is InChI=1S/C38H57NO3/c1-5-6-7-8-9-10-13-16-27-42-34-24-21-32(22-25-34)37(41)39-36-29-31(20-26-35(36)38(2,3)4)19-23-33(40)28-30-17-14-11-12-15-18-30/h20-22,24-26,29-30H,5-19,23,27-28H2,1-4H3,(H,39,41). The van der Waals surface area contributed by atoms with E-state index in [-0.39, 0.29) is 11.3 Å². The largest absolute Gasteiger partial charge is 0.494 e. The summed E-state index contributed by atoms with van der Waals surface area (Å²) in [5.41, 5.74) is 3.50. The Bertz CT molecular complexity index is 1070. The molecule has 0 unspecified atom stereocenters. The molecule has 0 aromatic heterocycles. The number of nitrogens with one attached hydrogen (secondary N) is 1. The summed E-state index contributed by atoms with van der Waals surface area (Å²) >= 11 is 0. The van der Waals surface area contributed by atoms with Crippen molar-refractivity contribution in [2.75, 3.05) is 11.9 Å². The third-order valence-corrected chi connectivity index (χ3v) is 8.71. The fraction of sp³-hybridized carbons (Fsp3) is 0.632. The highest BCUT2D eigenvalue weighted by Crippen LogP contribution is 2.32. The molecule has 0 heterocycles. The Morgan fingerprint density at radius 1 is 0.833 bits per heavy atom. The number of benzene rings is 2. The van der Waals surface area contributed by atoms with Crippen molar-refractivity contribution in [2.45, 2.75) is 142 Å². The van der Waals surface area contributed by atoms with Crippen molar-refractivity contribution in [1.82, 2.24) is 0 Å². The fourth-order valence-corrected chi connectivity index (χ4v) is 6.10. The summed E-state index contributed by atoms with van der Waals surface area (Å²) < 4.78 is 5.92. The van der Waals surface area contributed by atoms with Crippen LogP contribution in [0.15, 0.2) is 42.5 Å². The van der Waals surface area contributed by atoms with Crippen LogP contribution in [0.2, 0.25) is 0 Å². The van der Waals surface area contributed by atoms with Gasteiger partial charge in [-0.3, -0.25) is 9.59 Å². The first kappa shape index (κ1) is 33.9. The summed E-state index contributed by atoms with van der Waals surface area (Å²) in [4.78, 5) is 26.0. The Hall–Kier alpha value is -2.62. The van der Waals surface area contributed by atoms with Gasteiger partial charge in [-0.2, -0.15) is 0 Å². The quantitative estimate of drug-likeness (QED) is 0.151. The predicted octanol–water partition coefficient (Wildman–Crippen LogP) is 10.6. The molecule has 0 bridgehead atoms. The molecule has 1 fully saturated rings. The van der Waals surface area contributed by atoms with E-state index < -0.39 is 0 Å². The number of rotatable bonds is 17. The lowest BCUT2D eigenvalue weighted by Gasteiger charge is -2.24. The van der Waals surface area contributed by atoms with E-state index in [4.69, 9.17) is 4.74 Å². The SMILES string of the molecule is CCCCCCCCCCOc1ccc(C(=O)Nc2cc(CCC(=O)CC3CCCCCC3)ccc2C(C)(C)C)cc1. The highest BCUT2D eigenvalue weighted by Gasteiger charge is 2.21. The summed E-state index contributed by atoms with van der Waals surface area (Å²) in [6, 6.07) is 13.8. The topological polar surface area (TPSA) is 55.4 Å². The van der Waals surface area contributed by atoms with Crippen LogP contribution in [0.4, 0.5) is 5.69 Å². The number of anilines is 1. The van der Waals surface area contributed by atoms with E-state index in [1.807, 2.05) is 24.3 Å². The molecule has 4 heteroatoms. The monoisotopic (exact) mass is 575 g/mol. The number of ketones is 1. The maximum atomic E-state index is 13.3. The second kappa shape index (κ2) is 18.1. The van der Waals surface area contributed by atoms with Crippen molar-refractivity contribution in [2.24, 2.45) is 5.92 Å².